The third-order valence-electron chi connectivity index (χ3n) is 3.89. The van der Waals surface area contributed by atoms with Gasteiger partial charge in [-0.3, -0.25) is 9.59 Å². The summed E-state index contributed by atoms with van der Waals surface area (Å²) in [6.07, 6.45) is 0. The van der Waals surface area contributed by atoms with E-state index >= 15 is 0 Å². The normalized spacial score (nSPS) is 11.5. The minimum absolute atomic E-state index is 0.160. The lowest BCUT2D eigenvalue weighted by Gasteiger charge is -2.28. The highest BCUT2D eigenvalue weighted by atomic mass is 127. The lowest BCUT2D eigenvalue weighted by Crippen LogP contribution is -2.48. The van der Waals surface area contributed by atoms with Gasteiger partial charge < -0.3 is 15.0 Å². The fourth-order valence-corrected chi connectivity index (χ4v) is 2.92. The van der Waals surface area contributed by atoms with E-state index in [2.05, 4.69) is 27.9 Å². The molecule has 0 aliphatic rings. The van der Waals surface area contributed by atoms with Gasteiger partial charge >= 0.3 is 0 Å². The van der Waals surface area contributed by atoms with Gasteiger partial charge in [0.1, 0.15) is 11.8 Å². The van der Waals surface area contributed by atoms with Crippen LogP contribution in [0.4, 0.5) is 0 Å². The number of amides is 2. The second kappa shape index (κ2) is 9.78. The van der Waals surface area contributed by atoms with Gasteiger partial charge in [-0.25, -0.2) is 0 Å². The summed E-state index contributed by atoms with van der Waals surface area (Å²) >= 11 is 8.41. The van der Waals surface area contributed by atoms with Crippen LogP contribution in [0.25, 0.3) is 0 Å². The van der Waals surface area contributed by atoms with Gasteiger partial charge in [-0.05, 0) is 65.4 Å². The second-order valence-electron chi connectivity index (χ2n) is 5.65. The maximum atomic E-state index is 12.7. The number of likely N-dealkylation sites (N-methyl/N-ethyl adjacent to an activating group) is 1. The number of carbonyl (C=O) groups excluding carboxylic acids is 2. The van der Waals surface area contributed by atoms with E-state index in [-0.39, 0.29) is 25.0 Å². The summed E-state index contributed by atoms with van der Waals surface area (Å²) in [6.45, 7) is 1.74. The molecule has 2 aromatic carbocycles. The van der Waals surface area contributed by atoms with E-state index in [0.717, 1.165) is 9.13 Å². The number of ether oxygens (including phenoxy) is 1. The number of nitrogens with one attached hydrogen (secondary N) is 1. The summed E-state index contributed by atoms with van der Waals surface area (Å²) in [5.74, 6) is 0.0586. The van der Waals surface area contributed by atoms with Crippen molar-refractivity contribution in [1.29, 1.82) is 0 Å². The van der Waals surface area contributed by atoms with Crippen molar-refractivity contribution in [1.82, 2.24) is 10.2 Å². The van der Waals surface area contributed by atoms with Crippen LogP contribution in [-0.4, -0.2) is 36.4 Å². The van der Waals surface area contributed by atoms with Crippen LogP contribution in [-0.2, 0) is 16.1 Å². The maximum Gasteiger partial charge on any atom is 0.261 e. The molecule has 0 aliphatic heterocycles. The molecule has 7 heteroatoms. The Hall–Kier alpha value is -1.80. The van der Waals surface area contributed by atoms with Crippen LogP contribution in [0, 0.1) is 3.57 Å². The Bertz CT molecular complexity index is 768. The molecule has 0 heterocycles. The third-order valence-corrected chi connectivity index (χ3v) is 4.98. The van der Waals surface area contributed by atoms with Crippen molar-refractivity contribution in [2.45, 2.75) is 19.5 Å². The molecule has 2 rings (SSSR count). The van der Waals surface area contributed by atoms with Gasteiger partial charge in [0.05, 0.1) is 0 Å². The van der Waals surface area contributed by atoms with E-state index < -0.39 is 6.04 Å². The molecule has 0 aromatic heterocycles. The third kappa shape index (κ3) is 5.60. The molecule has 26 heavy (non-hydrogen) atoms. The number of halogens is 2. The fraction of sp³-hybridized carbons (Fsp3) is 0.263. The molecule has 0 aliphatic carbocycles. The van der Waals surface area contributed by atoms with Crippen molar-refractivity contribution in [3.63, 3.8) is 0 Å². The lowest BCUT2D eigenvalue weighted by atomic mass is 10.1. The molecule has 0 saturated heterocycles. The highest BCUT2D eigenvalue weighted by Gasteiger charge is 2.26. The smallest absolute Gasteiger partial charge is 0.261 e. The first kappa shape index (κ1) is 20.5. The molecule has 0 saturated carbocycles. The minimum atomic E-state index is -0.649. The monoisotopic (exact) mass is 486 g/mol. The Morgan fingerprint density at radius 3 is 2.46 bits per heavy atom. The van der Waals surface area contributed by atoms with Crippen molar-refractivity contribution in [2.24, 2.45) is 0 Å². The van der Waals surface area contributed by atoms with Crippen LogP contribution >= 0.6 is 34.2 Å². The number of hydrogen-bond donors (Lipinski definition) is 1. The van der Waals surface area contributed by atoms with Gasteiger partial charge in [0.25, 0.3) is 5.91 Å². The van der Waals surface area contributed by atoms with Crippen molar-refractivity contribution < 1.29 is 14.3 Å². The first-order valence-corrected chi connectivity index (χ1v) is 9.51. The van der Waals surface area contributed by atoms with Crippen LogP contribution in [0.5, 0.6) is 5.75 Å². The topological polar surface area (TPSA) is 58.6 Å². The molecular weight excluding hydrogens is 467 g/mol. The first-order valence-electron chi connectivity index (χ1n) is 8.05. The summed E-state index contributed by atoms with van der Waals surface area (Å²) in [5.41, 5.74) is 0.771. The first-order chi connectivity index (χ1) is 12.4. The molecule has 138 valence electrons. The average Bonchev–Trinajstić information content (AvgIpc) is 2.65. The molecule has 0 unspecified atom stereocenters. The van der Waals surface area contributed by atoms with E-state index in [4.69, 9.17) is 16.3 Å². The summed E-state index contributed by atoms with van der Waals surface area (Å²) in [7, 11) is 1.54. The Balaban J connectivity index is 2.13. The van der Waals surface area contributed by atoms with Gasteiger partial charge in [0.2, 0.25) is 5.91 Å². The molecule has 0 fully saturated rings. The van der Waals surface area contributed by atoms with E-state index in [1.165, 1.54) is 4.90 Å². The molecule has 0 radical (unpaired) electrons. The van der Waals surface area contributed by atoms with Crippen molar-refractivity contribution >= 4 is 46.0 Å². The summed E-state index contributed by atoms with van der Waals surface area (Å²) in [4.78, 5) is 26.3. The highest BCUT2D eigenvalue weighted by Crippen LogP contribution is 2.19. The van der Waals surface area contributed by atoms with E-state index in [9.17, 15) is 9.59 Å². The zero-order valence-electron chi connectivity index (χ0n) is 14.5. The highest BCUT2D eigenvalue weighted by molar-refractivity contribution is 14.1. The van der Waals surface area contributed by atoms with Gasteiger partial charge in [-0.1, -0.05) is 29.8 Å². The minimum Gasteiger partial charge on any atom is -0.484 e. The van der Waals surface area contributed by atoms with Gasteiger partial charge in [0.15, 0.2) is 6.61 Å². The van der Waals surface area contributed by atoms with E-state index in [1.807, 2.05) is 30.3 Å². The zero-order chi connectivity index (χ0) is 19.1. The van der Waals surface area contributed by atoms with Crippen LogP contribution < -0.4 is 10.1 Å². The Labute approximate surface area is 171 Å². The molecule has 0 spiro atoms. The molecule has 2 amide bonds. The molecule has 1 N–H and O–H groups in total. The SMILES string of the molecule is CNC(=O)[C@H](C)N(Cc1ccccc1Cl)C(=O)COc1ccc(I)cc1. The molecule has 0 bridgehead atoms. The molecule has 1 atom stereocenters. The van der Waals surface area contributed by atoms with Crippen LogP contribution in [0.15, 0.2) is 48.5 Å². The van der Waals surface area contributed by atoms with Crippen LogP contribution in [0.3, 0.4) is 0 Å². The quantitative estimate of drug-likeness (QED) is 0.610. The molecule has 5 nitrogen and oxygen atoms in total. The van der Waals surface area contributed by atoms with Crippen LogP contribution in [0.2, 0.25) is 5.02 Å². The van der Waals surface area contributed by atoms with E-state index in [0.29, 0.717) is 10.8 Å². The molecular formula is C19H20ClIN2O3. The Morgan fingerprint density at radius 1 is 1.19 bits per heavy atom. The number of rotatable bonds is 7. The van der Waals surface area contributed by atoms with Gasteiger partial charge in [-0.15, -0.1) is 0 Å². The van der Waals surface area contributed by atoms with Crippen molar-refractivity contribution in [3.8, 4) is 5.75 Å². The number of benzene rings is 2. The standard InChI is InChI=1S/C19H20ClIN2O3/c1-13(19(25)22-2)23(11-14-5-3-4-6-17(14)20)18(24)12-26-16-9-7-15(21)8-10-16/h3-10,13H,11-12H2,1-2H3,(H,22,25)/t13-/m0/s1. The summed E-state index contributed by atoms with van der Waals surface area (Å²) in [5, 5.41) is 3.12. The predicted octanol–water partition coefficient (Wildman–Crippen LogP) is 3.49. The summed E-state index contributed by atoms with van der Waals surface area (Å²) in [6, 6.07) is 14.0. The number of carbonyl (C=O) groups is 2. The summed E-state index contributed by atoms with van der Waals surface area (Å²) < 4.78 is 6.65. The van der Waals surface area contributed by atoms with Gasteiger partial charge in [-0.2, -0.15) is 0 Å². The zero-order valence-corrected chi connectivity index (χ0v) is 17.5. The molecule has 2 aromatic rings. The van der Waals surface area contributed by atoms with Crippen molar-refractivity contribution in [2.75, 3.05) is 13.7 Å². The maximum absolute atomic E-state index is 12.7. The number of nitrogens with zero attached hydrogens (tertiary/aromatic N) is 1. The largest absolute Gasteiger partial charge is 0.484 e. The number of hydrogen-bond acceptors (Lipinski definition) is 3. The second-order valence-corrected chi connectivity index (χ2v) is 7.30. The average molecular weight is 487 g/mol. The van der Waals surface area contributed by atoms with Gasteiger partial charge in [0, 0.05) is 22.2 Å². The van der Waals surface area contributed by atoms with Crippen LogP contribution in [0.1, 0.15) is 12.5 Å². The predicted molar refractivity (Wildman–Crippen MR) is 110 cm³/mol. The Kier molecular flexibility index (Phi) is 7.71. The lowest BCUT2D eigenvalue weighted by molar-refractivity contribution is -0.142. The fourth-order valence-electron chi connectivity index (χ4n) is 2.36. The van der Waals surface area contributed by atoms with E-state index in [1.54, 1.807) is 32.2 Å². The Morgan fingerprint density at radius 2 is 1.85 bits per heavy atom. The van der Waals surface area contributed by atoms with Crippen molar-refractivity contribution in [3.05, 3.63) is 62.7 Å².